The Kier molecular flexibility index (Phi) is 4.86. The molecule has 0 fully saturated rings. The third-order valence-electron chi connectivity index (χ3n) is 2.81. The molecule has 1 nitrogen and oxygen atoms in total. The molecule has 1 unspecified atom stereocenters. The van der Waals surface area contributed by atoms with Gasteiger partial charge in [0, 0.05) is 27.3 Å². The Morgan fingerprint density at radius 1 is 1.21 bits per heavy atom. The second kappa shape index (κ2) is 6.42. The maximum atomic E-state index is 13.8. The van der Waals surface area contributed by atoms with Gasteiger partial charge in [-0.2, -0.15) is 0 Å². The number of benzene rings is 2. The Balaban J connectivity index is 2.21. The number of hydrogen-bond donors (Lipinski definition) is 1. The lowest BCUT2D eigenvalue weighted by Crippen LogP contribution is -2.09. The monoisotopic (exact) mass is 295 g/mol. The SMILES string of the molecule is CC(N)c1c(F)cccc1SCc1ccccc1Cl. The summed E-state index contributed by atoms with van der Waals surface area (Å²) in [5, 5.41) is 0.730. The molecule has 0 amide bonds. The highest BCUT2D eigenvalue weighted by Crippen LogP contribution is 2.32. The van der Waals surface area contributed by atoms with E-state index in [0.717, 1.165) is 15.5 Å². The van der Waals surface area contributed by atoms with Gasteiger partial charge in [-0.15, -0.1) is 11.8 Å². The van der Waals surface area contributed by atoms with Crippen LogP contribution >= 0.6 is 23.4 Å². The number of rotatable bonds is 4. The van der Waals surface area contributed by atoms with Gasteiger partial charge in [-0.3, -0.25) is 0 Å². The Labute approximate surface area is 122 Å². The highest BCUT2D eigenvalue weighted by atomic mass is 35.5. The van der Waals surface area contributed by atoms with Crippen molar-refractivity contribution in [2.24, 2.45) is 5.73 Å². The largest absolute Gasteiger partial charge is 0.324 e. The van der Waals surface area contributed by atoms with Gasteiger partial charge in [-0.25, -0.2) is 4.39 Å². The fraction of sp³-hybridized carbons (Fsp3) is 0.200. The molecule has 0 aliphatic heterocycles. The molecule has 0 saturated carbocycles. The predicted molar refractivity (Wildman–Crippen MR) is 80.0 cm³/mol. The van der Waals surface area contributed by atoms with Gasteiger partial charge in [0.15, 0.2) is 0 Å². The number of thioether (sulfide) groups is 1. The van der Waals surface area contributed by atoms with E-state index in [-0.39, 0.29) is 11.9 Å². The summed E-state index contributed by atoms with van der Waals surface area (Å²) in [6.07, 6.45) is 0. The molecule has 1 atom stereocenters. The standard InChI is InChI=1S/C15H15ClFNS/c1-10(18)15-13(17)7-4-8-14(15)19-9-11-5-2-3-6-12(11)16/h2-8,10H,9,18H2,1H3. The van der Waals surface area contributed by atoms with Gasteiger partial charge in [0.1, 0.15) is 5.82 Å². The minimum atomic E-state index is -0.324. The molecule has 4 heteroatoms. The Morgan fingerprint density at radius 2 is 1.95 bits per heavy atom. The van der Waals surface area contributed by atoms with Crippen LogP contribution < -0.4 is 5.73 Å². The predicted octanol–water partition coefficient (Wildman–Crippen LogP) is 4.79. The molecule has 0 saturated heterocycles. The molecule has 0 aromatic heterocycles. The number of nitrogens with two attached hydrogens (primary N) is 1. The summed E-state index contributed by atoms with van der Waals surface area (Å²) in [6, 6.07) is 12.4. The van der Waals surface area contributed by atoms with E-state index in [2.05, 4.69) is 0 Å². The quantitative estimate of drug-likeness (QED) is 0.821. The zero-order valence-corrected chi connectivity index (χ0v) is 12.1. The fourth-order valence-electron chi connectivity index (χ4n) is 1.86. The summed E-state index contributed by atoms with van der Waals surface area (Å²) in [5.41, 5.74) is 7.44. The minimum Gasteiger partial charge on any atom is -0.324 e. The molecule has 0 aliphatic carbocycles. The lowest BCUT2D eigenvalue weighted by molar-refractivity contribution is 0.585. The van der Waals surface area contributed by atoms with Crippen LogP contribution in [0.25, 0.3) is 0 Å². The van der Waals surface area contributed by atoms with Gasteiger partial charge in [0.05, 0.1) is 0 Å². The van der Waals surface area contributed by atoms with E-state index in [4.69, 9.17) is 17.3 Å². The lowest BCUT2D eigenvalue weighted by Gasteiger charge is -2.13. The summed E-state index contributed by atoms with van der Waals surface area (Å²) in [6.45, 7) is 1.79. The molecule has 2 aromatic carbocycles. The first-order chi connectivity index (χ1) is 9.09. The first kappa shape index (κ1) is 14.4. The first-order valence-electron chi connectivity index (χ1n) is 6.00. The van der Waals surface area contributed by atoms with Gasteiger partial charge >= 0.3 is 0 Å². The van der Waals surface area contributed by atoms with Crippen molar-refractivity contribution in [2.75, 3.05) is 0 Å². The van der Waals surface area contributed by atoms with Crippen LogP contribution in [0.4, 0.5) is 4.39 Å². The van der Waals surface area contributed by atoms with Crippen LogP contribution in [0.1, 0.15) is 24.1 Å². The highest BCUT2D eigenvalue weighted by Gasteiger charge is 2.13. The van der Waals surface area contributed by atoms with Crippen LogP contribution in [0.3, 0.4) is 0 Å². The topological polar surface area (TPSA) is 26.0 Å². The van der Waals surface area contributed by atoms with Gasteiger partial charge in [-0.05, 0) is 30.7 Å². The van der Waals surface area contributed by atoms with Crippen molar-refractivity contribution < 1.29 is 4.39 Å². The van der Waals surface area contributed by atoms with Crippen LogP contribution in [-0.4, -0.2) is 0 Å². The van der Waals surface area contributed by atoms with E-state index >= 15 is 0 Å². The minimum absolute atomic E-state index is 0.251. The van der Waals surface area contributed by atoms with Gasteiger partial charge in [-0.1, -0.05) is 35.9 Å². The molecule has 0 radical (unpaired) electrons. The zero-order chi connectivity index (χ0) is 13.8. The molecular formula is C15H15ClFNS. The zero-order valence-electron chi connectivity index (χ0n) is 10.6. The van der Waals surface area contributed by atoms with Crippen molar-refractivity contribution >= 4 is 23.4 Å². The van der Waals surface area contributed by atoms with E-state index in [1.54, 1.807) is 24.8 Å². The third-order valence-corrected chi connectivity index (χ3v) is 4.30. The van der Waals surface area contributed by atoms with Crippen LogP contribution in [0.5, 0.6) is 0 Å². The van der Waals surface area contributed by atoms with Crippen LogP contribution in [0, 0.1) is 5.82 Å². The maximum Gasteiger partial charge on any atom is 0.129 e. The van der Waals surface area contributed by atoms with Crippen LogP contribution in [0.15, 0.2) is 47.4 Å². The molecule has 0 heterocycles. The molecule has 2 aromatic rings. The molecule has 0 bridgehead atoms. The Hall–Kier alpha value is -1.03. The number of halogens is 2. The normalized spacial score (nSPS) is 12.4. The maximum absolute atomic E-state index is 13.8. The Bertz CT molecular complexity index is 572. The van der Waals surface area contributed by atoms with E-state index in [1.165, 1.54) is 6.07 Å². The van der Waals surface area contributed by atoms with E-state index < -0.39 is 0 Å². The van der Waals surface area contributed by atoms with Crippen molar-refractivity contribution in [2.45, 2.75) is 23.6 Å². The van der Waals surface area contributed by atoms with Crippen molar-refractivity contribution in [3.8, 4) is 0 Å². The summed E-state index contributed by atoms with van der Waals surface area (Å²) < 4.78 is 13.8. The first-order valence-corrected chi connectivity index (χ1v) is 7.36. The second-order valence-corrected chi connectivity index (χ2v) is 5.74. The molecule has 2 rings (SSSR count). The van der Waals surface area contributed by atoms with Crippen LogP contribution in [-0.2, 0) is 5.75 Å². The Morgan fingerprint density at radius 3 is 2.63 bits per heavy atom. The van der Waals surface area contributed by atoms with Crippen LogP contribution in [0.2, 0.25) is 5.02 Å². The van der Waals surface area contributed by atoms with Crippen molar-refractivity contribution in [3.05, 3.63) is 64.4 Å². The van der Waals surface area contributed by atoms with Crippen molar-refractivity contribution in [1.29, 1.82) is 0 Å². The van der Waals surface area contributed by atoms with E-state index in [0.29, 0.717) is 11.3 Å². The molecule has 0 spiro atoms. The van der Waals surface area contributed by atoms with E-state index in [9.17, 15) is 4.39 Å². The second-order valence-electron chi connectivity index (χ2n) is 4.32. The van der Waals surface area contributed by atoms with Crippen molar-refractivity contribution in [1.82, 2.24) is 0 Å². The molecule has 0 aliphatic rings. The lowest BCUT2D eigenvalue weighted by atomic mass is 10.1. The summed E-state index contributed by atoms with van der Waals surface area (Å²) >= 11 is 7.66. The molecule has 19 heavy (non-hydrogen) atoms. The average Bonchev–Trinajstić information content (AvgIpc) is 2.37. The molecule has 100 valence electrons. The average molecular weight is 296 g/mol. The smallest absolute Gasteiger partial charge is 0.129 e. The van der Waals surface area contributed by atoms with Crippen molar-refractivity contribution in [3.63, 3.8) is 0 Å². The van der Waals surface area contributed by atoms with Gasteiger partial charge in [0.25, 0.3) is 0 Å². The van der Waals surface area contributed by atoms with Gasteiger partial charge < -0.3 is 5.73 Å². The highest BCUT2D eigenvalue weighted by molar-refractivity contribution is 7.98. The van der Waals surface area contributed by atoms with Gasteiger partial charge in [0.2, 0.25) is 0 Å². The summed E-state index contributed by atoms with van der Waals surface area (Å²) in [5.74, 6) is 0.446. The molecule has 2 N–H and O–H groups in total. The third kappa shape index (κ3) is 3.50. The summed E-state index contributed by atoms with van der Waals surface area (Å²) in [7, 11) is 0. The van der Waals surface area contributed by atoms with E-state index in [1.807, 2.05) is 30.3 Å². The number of hydrogen-bond acceptors (Lipinski definition) is 2. The summed E-state index contributed by atoms with van der Waals surface area (Å²) in [4.78, 5) is 0.870. The molecular weight excluding hydrogens is 281 g/mol. The fourth-order valence-corrected chi connectivity index (χ4v) is 3.31.